The molecule has 0 saturated carbocycles. The van der Waals surface area contributed by atoms with Crippen molar-refractivity contribution in [1.82, 2.24) is 25.1 Å². The number of benzene rings is 2. The van der Waals surface area contributed by atoms with Gasteiger partial charge in [0.15, 0.2) is 0 Å². The van der Waals surface area contributed by atoms with E-state index in [1.54, 1.807) is 6.20 Å². The molecule has 0 spiro atoms. The SMILES string of the molecule is CCC.CN1CCN(CCNC(=O)c2cccc(Nc3nccc(-c4ccccc4)n3)c2)CC1. The molecule has 3 aromatic rings. The maximum absolute atomic E-state index is 12.6. The van der Waals surface area contributed by atoms with Gasteiger partial charge < -0.3 is 15.5 Å². The van der Waals surface area contributed by atoms with E-state index in [1.807, 2.05) is 60.7 Å². The Morgan fingerprint density at radius 3 is 2.44 bits per heavy atom. The van der Waals surface area contributed by atoms with Crippen LogP contribution in [0.15, 0.2) is 66.9 Å². The Morgan fingerprint density at radius 1 is 0.971 bits per heavy atom. The van der Waals surface area contributed by atoms with E-state index >= 15 is 0 Å². The first-order valence-corrected chi connectivity index (χ1v) is 12.0. The topological polar surface area (TPSA) is 73.4 Å². The van der Waals surface area contributed by atoms with E-state index in [2.05, 4.69) is 51.3 Å². The van der Waals surface area contributed by atoms with Gasteiger partial charge in [-0.25, -0.2) is 9.97 Å². The summed E-state index contributed by atoms with van der Waals surface area (Å²) in [6, 6.07) is 19.3. The molecule has 2 heterocycles. The minimum Gasteiger partial charge on any atom is -0.351 e. The van der Waals surface area contributed by atoms with Crippen molar-refractivity contribution in [2.45, 2.75) is 20.3 Å². The molecule has 1 aliphatic rings. The monoisotopic (exact) mass is 460 g/mol. The summed E-state index contributed by atoms with van der Waals surface area (Å²) in [5.74, 6) is 0.422. The molecule has 0 atom stereocenters. The Kier molecular flexibility index (Phi) is 10.0. The zero-order chi connectivity index (χ0) is 24.2. The third kappa shape index (κ3) is 7.93. The van der Waals surface area contributed by atoms with Gasteiger partial charge >= 0.3 is 0 Å². The third-order valence-corrected chi connectivity index (χ3v) is 5.42. The Hall–Kier alpha value is -3.29. The van der Waals surface area contributed by atoms with Gasteiger partial charge in [0.05, 0.1) is 5.69 Å². The number of nitrogens with zero attached hydrogens (tertiary/aromatic N) is 4. The van der Waals surface area contributed by atoms with Crippen molar-refractivity contribution in [3.05, 3.63) is 72.4 Å². The number of nitrogens with one attached hydrogen (secondary N) is 2. The van der Waals surface area contributed by atoms with Crippen molar-refractivity contribution in [3.8, 4) is 11.3 Å². The Balaban J connectivity index is 0.00000103. The molecule has 0 aliphatic carbocycles. The molecular weight excluding hydrogens is 424 g/mol. The zero-order valence-electron chi connectivity index (χ0n) is 20.5. The fourth-order valence-electron chi connectivity index (χ4n) is 3.56. The second-order valence-electron chi connectivity index (χ2n) is 8.45. The van der Waals surface area contributed by atoms with E-state index in [1.165, 1.54) is 6.42 Å². The molecule has 34 heavy (non-hydrogen) atoms. The van der Waals surface area contributed by atoms with Crippen LogP contribution in [0.25, 0.3) is 11.3 Å². The van der Waals surface area contributed by atoms with Crippen LogP contribution in [-0.4, -0.2) is 72.0 Å². The van der Waals surface area contributed by atoms with E-state index in [-0.39, 0.29) is 5.91 Å². The number of hydrogen-bond donors (Lipinski definition) is 2. The van der Waals surface area contributed by atoms with Gasteiger partial charge in [-0.2, -0.15) is 0 Å². The number of carbonyl (C=O) groups excluding carboxylic acids is 1. The van der Waals surface area contributed by atoms with E-state index in [4.69, 9.17) is 0 Å². The number of aromatic nitrogens is 2. The van der Waals surface area contributed by atoms with Gasteiger partial charge in [0, 0.05) is 62.3 Å². The van der Waals surface area contributed by atoms with Gasteiger partial charge in [-0.15, -0.1) is 0 Å². The standard InChI is InChI=1S/C24H28N6O.C3H8/c1-29-14-16-30(17-15-29)13-12-25-23(31)20-8-5-9-21(18-20)27-24-26-11-10-22(28-24)19-6-3-2-4-7-19;1-3-2/h2-11,18H,12-17H2,1H3,(H,25,31)(H,26,27,28);3H2,1-2H3. The molecule has 0 unspecified atom stereocenters. The summed E-state index contributed by atoms with van der Waals surface area (Å²) in [6.45, 7) is 10.0. The van der Waals surface area contributed by atoms with Crippen molar-refractivity contribution in [2.75, 3.05) is 51.6 Å². The van der Waals surface area contributed by atoms with Crippen LogP contribution in [0.3, 0.4) is 0 Å². The van der Waals surface area contributed by atoms with E-state index in [0.717, 1.165) is 49.7 Å². The van der Waals surface area contributed by atoms with Gasteiger partial charge in [0.25, 0.3) is 5.91 Å². The highest BCUT2D eigenvalue weighted by atomic mass is 16.1. The summed E-state index contributed by atoms with van der Waals surface area (Å²) in [5, 5.41) is 6.23. The van der Waals surface area contributed by atoms with Crippen molar-refractivity contribution in [3.63, 3.8) is 0 Å². The number of piperazine rings is 1. The maximum atomic E-state index is 12.6. The highest BCUT2D eigenvalue weighted by Gasteiger charge is 2.14. The maximum Gasteiger partial charge on any atom is 0.251 e. The quantitative estimate of drug-likeness (QED) is 0.548. The lowest BCUT2D eigenvalue weighted by molar-refractivity contribution is 0.0941. The van der Waals surface area contributed by atoms with Crippen LogP contribution >= 0.6 is 0 Å². The van der Waals surface area contributed by atoms with Gasteiger partial charge in [-0.3, -0.25) is 9.69 Å². The third-order valence-electron chi connectivity index (χ3n) is 5.42. The molecule has 1 fully saturated rings. The molecule has 7 heteroatoms. The fraction of sp³-hybridized carbons (Fsp3) is 0.370. The first kappa shape index (κ1) is 25.3. The lowest BCUT2D eigenvalue weighted by Gasteiger charge is -2.32. The average molecular weight is 461 g/mol. The van der Waals surface area contributed by atoms with Crippen LogP contribution in [0.5, 0.6) is 0 Å². The molecule has 7 nitrogen and oxygen atoms in total. The number of likely N-dealkylation sites (N-methyl/N-ethyl adjacent to an activating group) is 1. The number of anilines is 2. The van der Waals surface area contributed by atoms with Crippen LogP contribution < -0.4 is 10.6 Å². The molecule has 0 bridgehead atoms. The Morgan fingerprint density at radius 2 is 1.71 bits per heavy atom. The first-order valence-electron chi connectivity index (χ1n) is 12.0. The lowest BCUT2D eigenvalue weighted by atomic mass is 10.1. The minimum atomic E-state index is -0.0725. The van der Waals surface area contributed by atoms with Gasteiger partial charge in [0.2, 0.25) is 5.95 Å². The van der Waals surface area contributed by atoms with Crippen LogP contribution in [-0.2, 0) is 0 Å². The lowest BCUT2D eigenvalue weighted by Crippen LogP contribution is -2.46. The molecule has 1 saturated heterocycles. The summed E-state index contributed by atoms with van der Waals surface area (Å²) >= 11 is 0. The van der Waals surface area contributed by atoms with Crippen molar-refractivity contribution < 1.29 is 4.79 Å². The molecule has 180 valence electrons. The molecule has 2 N–H and O–H groups in total. The van der Waals surface area contributed by atoms with Crippen molar-refractivity contribution in [2.24, 2.45) is 0 Å². The predicted molar refractivity (Wildman–Crippen MR) is 139 cm³/mol. The largest absolute Gasteiger partial charge is 0.351 e. The molecule has 2 aromatic carbocycles. The zero-order valence-corrected chi connectivity index (χ0v) is 20.5. The van der Waals surface area contributed by atoms with Crippen LogP contribution in [0, 0.1) is 0 Å². The molecule has 1 aliphatic heterocycles. The molecular formula is C27H36N6O. The number of rotatable bonds is 7. The smallest absolute Gasteiger partial charge is 0.251 e. The highest BCUT2D eigenvalue weighted by molar-refractivity contribution is 5.95. The van der Waals surface area contributed by atoms with Gasteiger partial charge in [-0.1, -0.05) is 56.7 Å². The summed E-state index contributed by atoms with van der Waals surface area (Å²) in [4.78, 5) is 26.2. The van der Waals surface area contributed by atoms with Crippen LogP contribution in [0.2, 0.25) is 0 Å². The molecule has 1 aromatic heterocycles. The number of carbonyl (C=O) groups is 1. The predicted octanol–water partition coefficient (Wildman–Crippen LogP) is 4.28. The fourth-order valence-corrected chi connectivity index (χ4v) is 3.56. The van der Waals surface area contributed by atoms with Crippen molar-refractivity contribution in [1.29, 1.82) is 0 Å². The minimum absolute atomic E-state index is 0.0725. The number of amides is 1. The number of hydrogen-bond acceptors (Lipinski definition) is 6. The van der Waals surface area contributed by atoms with E-state index < -0.39 is 0 Å². The van der Waals surface area contributed by atoms with Crippen molar-refractivity contribution >= 4 is 17.5 Å². The second kappa shape index (κ2) is 13.4. The normalized spacial score (nSPS) is 14.1. The summed E-state index contributed by atoms with van der Waals surface area (Å²) in [5.41, 5.74) is 3.26. The summed E-state index contributed by atoms with van der Waals surface area (Å²) in [7, 11) is 2.14. The highest BCUT2D eigenvalue weighted by Crippen LogP contribution is 2.19. The van der Waals surface area contributed by atoms with E-state index in [9.17, 15) is 4.79 Å². The Labute approximate surface area is 203 Å². The van der Waals surface area contributed by atoms with E-state index in [0.29, 0.717) is 18.1 Å². The van der Waals surface area contributed by atoms with Crippen LogP contribution in [0.4, 0.5) is 11.6 Å². The van der Waals surface area contributed by atoms with Crippen LogP contribution in [0.1, 0.15) is 30.6 Å². The van der Waals surface area contributed by atoms with Gasteiger partial charge in [-0.05, 0) is 31.3 Å². The molecule has 0 radical (unpaired) electrons. The average Bonchev–Trinajstić information content (AvgIpc) is 2.86. The van der Waals surface area contributed by atoms with Gasteiger partial charge in [0.1, 0.15) is 0 Å². The second-order valence-corrected chi connectivity index (χ2v) is 8.45. The Bertz CT molecular complexity index is 1020. The molecule has 1 amide bonds. The summed E-state index contributed by atoms with van der Waals surface area (Å²) in [6.07, 6.45) is 2.98. The first-order chi connectivity index (χ1) is 16.6. The molecule has 4 rings (SSSR count). The summed E-state index contributed by atoms with van der Waals surface area (Å²) < 4.78 is 0.